The fraction of sp³-hybridized carbons (Fsp3) is 0.478. The van der Waals surface area contributed by atoms with E-state index in [1.165, 1.54) is 36.8 Å². The van der Waals surface area contributed by atoms with Gasteiger partial charge in [0, 0.05) is 32.0 Å². The van der Waals surface area contributed by atoms with Crippen molar-refractivity contribution in [3.63, 3.8) is 0 Å². The quantitative estimate of drug-likeness (QED) is 0.234. The number of aliphatic imine (C=N–C) groups is 1. The van der Waals surface area contributed by atoms with Gasteiger partial charge in [-0.1, -0.05) is 35.9 Å². The van der Waals surface area contributed by atoms with Gasteiger partial charge in [-0.05, 0) is 57.1 Å². The number of hydrogen-bond donors (Lipinski definition) is 2. The fourth-order valence-electron chi connectivity index (χ4n) is 3.58. The highest BCUT2D eigenvalue weighted by atomic mass is 127. The Morgan fingerprint density at radius 2 is 2.07 bits per heavy atom. The summed E-state index contributed by atoms with van der Waals surface area (Å²) in [4.78, 5) is 9.08. The van der Waals surface area contributed by atoms with Crippen molar-refractivity contribution in [1.29, 1.82) is 0 Å². The molecule has 2 aromatic rings. The highest BCUT2D eigenvalue weighted by Crippen LogP contribution is 2.19. The van der Waals surface area contributed by atoms with Crippen LogP contribution in [0.2, 0.25) is 0 Å². The van der Waals surface area contributed by atoms with E-state index in [9.17, 15) is 0 Å². The van der Waals surface area contributed by atoms with Crippen molar-refractivity contribution in [2.45, 2.75) is 59.0 Å². The van der Waals surface area contributed by atoms with Crippen LogP contribution in [0.4, 0.5) is 0 Å². The van der Waals surface area contributed by atoms with E-state index in [0.29, 0.717) is 6.54 Å². The lowest BCUT2D eigenvalue weighted by Crippen LogP contribution is -2.37. The molecule has 0 fully saturated rings. The third-order valence-corrected chi connectivity index (χ3v) is 5.16. The Labute approximate surface area is 192 Å². The van der Waals surface area contributed by atoms with E-state index in [-0.39, 0.29) is 24.0 Å². The van der Waals surface area contributed by atoms with E-state index in [1.807, 2.05) is 19.3 Å². The Balaban J connectivity index is 0.00000300. The molecule has 0 radical (unpaired) electrons. The lowest BCUT2D eigenvalue weighted by molar-refractivity contribution is 0.665. The number of nitrogens with zero attached hydrogens (tertiary/aromatic N) is 3. The van der Waals surface area contributed by atoms with Crippen molar-refractivity contribution in [3.05, 3.63) is 65.3 Å². The van der Waals surface area contributed by atoms with Gasteiger partial charge in [-0.2, -0.15) is 0 Å². The van der Waals surface area contributed by atoms with Gasteiger partial charge in [0.1, 0.15) is 5.82 Å². The molecule has 0 aliphatic heterocycles. The molecule has 1 heterocycles. The molecule has 6 heteroatoms. The molecular formula is C23H34IN5. The van der Waals surface area contributed by atoms with Gasteiger partial charge in [-0.25, -0.2) is 9.98 Å². The topological polar surface area (TPSA) is 54.2 Å². The maximum Gasteiger partial charge on any atom is 0.191 e. The SMILES string of the molecule is CCNC(=NCc1cccc(Cn2ccnc2C)c1)NCCC1=CCCCC1.I. The number of hydrogen-bond acceptors (Lipinski definition) is 2. The molecule has 158 valence electrons. The molecule has 0 spiro atoms. The number of benzene rings is 1. The summed E-state index contributed by atoms with van der Waals surface area (Å²) in [6, 6.07) is 8.65. The standard InChI is InChI=1S/C23H33N5.HI/c1-3-24-23(26-13-12-20-8-5-4-6-9-20)27-17-21-10-7-11-22(16-21)18-28-15-14-25-19(28)2;/h7-8,10-11,14-16H,3-6,9,12-13,17-18H2,1-2H3,(H2,24,26,27);1H. The Morgan fingerprint density at radius 3 is 2.79 bits per heavy atom. The van der Waals surface area contributed by atoms with E-state index < -0.39 is 0 Å². The molecule has 3 rings (SSSR count). The first kappa shape index (κ1) is 23.4. The molecule has 29 heavy (non-hydrogen) atoms. The lowest BCUT2D eigenvalue weighted by Gasteiger charge is -2.15. The van der Waals surface area contributed by atoms with Gasteiger partial charge in [0.05, 0.1) is 6.54 Å². The number of aromatic nitrogens is 2. The molecule has 1 aromatic heterocycles. The minimum Gasteiger partial charge on any atom is -0.357 e. The van der Waals surface area contributed by atoms with Crippen LogP contribution in [-0.4, -0.2) is 28.6 Å². The zero-order chi connectivity index (χ0) is 19.6. The Morgan fingerprint density at radius 1 is 1.21 bits per heavy atom. The van der Waals surface area contributed by atoms with E-state index in [2.05, 4.69) is 57.4 Å². The summed E-state index contributed by atoms with van der Waals surface area (Å²) >= 11 is 0. The molecule has 2 N–H and O–H groups in total. The summed E-state index contributed by atoms with van der Waals surface area (Å²) < 4.78 is 2.16. The van der Waals surface area contributed by atoms with Gasteiger partial charge in [0.25, 0.3) is 0 Å². The first-order valence-corrected chi connectivity index (χ1v) is 10.5. The minimum absolute atomic E-state index is 0. The van der Waals surface area contributed by atoms with Crippen LogP contribution in [0.5, 0.6) is 0 Å². The number of aryl methyl sites for hydroxylation is 1. The second-order valence-electron chi connectivity index (χ2n) is 7.40. The summed E-state index contributed by atoms with van der Waals surface area (Å²) in [7, 11) is 0. The van der Waals surface area contributed by atoms with Gasteiger partial charge in [-0.3, -0.25) is 0 Å². The number of allylic oxidation sites excluding steroid dienone is 1. The third kappa shape index (κ3) is 7.84. The van der Waals surface area contributed by atoms with Gasteiger partial charge in [-0.15, -0.1) is 24.0 Å². The Kier molecular flexibility index (Phi) is 10.2. The molecule has 0 saturated carbocycles. The first-order valence-electron chi connectivity index (χ1n) is 10.5. The van der Waals surface area contributed by atoms with Crippen LogP contribution >= 0.6 is 24.0 Å². The van der Waals surface area contributed by atoms with Crippen molar-refractivity contribution in [1.82, 2.24) is 20.2 Å². The van der Waals surface area contributed by atoms with Crippen molar-refractivity contribution in [2.24, 2.45) is 4.99 Å². The molecule has 0 bridgehead atoms. The molecule has 1 aliphatic rings. The average molecular weight is 507 g/mol. The third-order valence-electron chi connectivity index (χ3n) is 5.16. The van der Waals surface area contributed by atoms with Gasteiger partial charge in [0.15, 0.2) is 5.96 Å². The lowest BCUT2D eigenvalue weighted by atomic mass is 9.97. The number of rotatable bonds is 8. The Bertz CT molecular complexity index is 809. The normalized spacial score (nSPS) is 14.1. The van der Waals surface area contributed by atoms with Crippen LogP contribution in [0.15, 0.2) is 53.3 Å². The number of halogens is 1. The maximum absolute atomic E-state index is 4.78. The van der Waals surface area contributed by atoms with E-state index >= 15 is 0 Å². The van der Waals surface area contributed by atoms with Crippen molar-refractivity contribution in [2.75, 3.05) is 13.1 Å². The summed E-state index contributed by atoms with van der Waals surface area (Å²) in [6.07, 6.45) is 12.6. The molecule has 0 unspecified atom stereocenters. The zero-order valence-electron chi connectivity index (χ0n) is 17.7. The fourth-order valence-corrected chi connectivity index (χ4v) is 3.58. The van der Waals surface area contributed by atoms with E-state index in [1.54, 1.807) is 5.57 Å². The first-order chi connectivity index (χ1) is 13.7. The zero-order valence-corrected chi connectivity index (χ0v) is 20.0. The predicted octanol–water partition coefficient (Wildman–Crippen LogP) is 4.80. The second kappa shape index (κ2) is 12.7. The minimum atomic E-state index is 0. The van der Waals surface area contributed by atoms with E-state index in [4.69, 9.17) is 4.99 Å². The molecule has 1 aromatic carbocycles. The van der Waals surface area contributed by atoms with Crippen LogP contribution in [0.3, 0.4) is 0 Å². The Hall–Kier alpha value is -1.83. The molecule has 0 saturated heterocycles. The summed E-state index contributed by atoms with van der Waals surface area (Å²) in [5, 5.41) is 6.84. The van der Waals surface area contributed by atoms with Crippen LogP contribution in [0.1, 0.15) is 56.0 Å². The van der Waals surface area contributed by atoms with Gasteiger partial charge >= 0.3 is 0 Å². The number of nitrogens with one attached hydrogen (secondary N) is 2. The van der Waals surface area contributed by atoms with Gasteiger partial charge in [0.2, 0.25) is 0 Å². The highest BCUT2D eigenvalue weighted by Gasteiger charge is 2.05. The van der Waals surface area contributed by atoms with Crippen LogP contribution < -0.4 is 10.6 Å². The summed E-state index contributed by atoms with van der Waals surface area (Å²) in [6.45, 7) is 7.47. The predicted molar refractivity (Wildman–Crippen MR) is 132 cm³/mol. The monoisotopic (exact) mass is 507 g/mol. The van der Waals surface area contributed by atoms with Gasteiger partial charge < -0.3 is 15.2 Å². The van der Waals surface area contributed by atoms with Crippen LogP contribution in [0, 0.1) is 6.92 Å². The van der Waals surface area contributed by atoms with Crippen LogP contribution in [-0.2, 0) is 13.1 Å². The maximum atomic E-state index is 4.78. The second-order valence-corrected chi connectivity index (χ2v) is 7.40. The molecule has 0 amide bonds. The number of guanidine groups is 1. The van der Waals surface area contributed by atoms with Crippen molar-refractivity contribution in [3.8, 4) is 0 Å². The molecule has 1 aliphatic carbocycles. The largest absolute Gasteiger partial charge is 0.357 e. The highest BCUT2D eigenvalue weighted by molar-refractivity contribution is 14.0. The summed E-state index contributed by atoms with van der Waals surface area (Å²) in [5.41, 5.74) is 4.09. The van der Waals surface area contributed by atoms with Crippen LogP contribution in [0.25, 0.3) is 0 Å². The smallest absolute Gasteiger partial charge is 0.191 e. The molecule has 5 nitrogen and oxygen atoms in total. The van der Waals surface area contributed by atoms with E-state index in [0.717, 1.165) is 37.8 Å². The van der Waals surface area contributed by atoms with Crippen molar-refractivity contribution >= 4 is 29.9 Å². The average Bonchev–Trinajstić information content (AvgIpc) is 3.12. The van der Waals surface area contributed by atoms with Crippen molar-refractivity contribution < 1.29 is 0 Å². The molecule has 0 atom stereocenters. The molecular weight excluding hydrogens is 473 g/mol. The summed E-state index contributed by atoms with van der Waals surface area (Å²) in [5.74, 6) is 1.94. The number of imidazole rings is 1.